The molecule has 15 heteroatoms. The van der Waals surface area contributed by atoms with E-state index < -0.39 is 105 Å². The summed E-state index contributed by atoms with van der Waals surface area (Å²) in [6.45, 7) is -0.0333. The summed E-state index contributed by atoms with van der Waals surface area (Å²) in [5, 5.41) is 91.1. The van der Waals surface area contributed by atoms with Crippen LogP contribution in [-0.4, -0.2) is 159 Å². The van der Waals surface area contributed by atoms with Gasteiger partial charge in [0, 0.05) is 18.9 Å². The molecule has 0 spiro atoms. The van der Waals surface area contributed by atoms with E-state index in [-0.39, 0.29) is 13.2 Å². The van der Waals surface area contributed by atoms with E-state index in [0.717, 1.165) is 0 Å². The first kappa shape index (κ1) is 30.9. The van der Waals surface area contributed by atoms with E-state index >= 15 is 0 Å². The average molecular weight is 545 g/mol. The number of methoxy groups -OCH3 is 1. The molecule has 0 aromatic rings. The van der Waals surface area contributed by atoms with E-state index in [0.29, 0.717) is 6.42 Å². The SMILES string of the molecule is CCC1C(CO)OC(OCC2C(COC3OC(CO)C(O)C(O)C3O)OC(OC)C(O)C2O)C(O)C1O. The molecule has 37 heavy (non-hydrogen) atoms. The fourth-order valence-corrected chi connectivity index (χ4v) is 4.96. The summed E-state index contributed by atoms with van der Waals surface area (Å²) in [5.41, 5.74) is 0. The van der Waals surface area contributed by atoms with Gasteiger partial charge in [-0.2, -0.15) is 0 Å². The predicted octanol–water partition coefficient (Wildman–Crippen LogP) is -5.01. The van der Waals surface area contributed by atoms with E-state index in [1.54, 1.807) is 6.92 Å². The monoisotopic (exact) mass is 544 g/mol. The van der Waals surface area contributed by atoms with Crippen LogP contribution in [0.25, 0.3) is 0 Å². The van der Waals surface area contributed by atoms with Gasteiger partial charge in [-0.15, -0.1) is 0 Å². The van der Waals surface area contributed by atoms with E-state index in [1.165, 1.54) is 7.11 Å². The minimum atomic E-state index is -1.67. The standard InChI is InChI=1S/C22H40O15/c1-3-8-10(4-23)35-21(18(30)13(8)25)33-6-9-12(37-20(32-2)17(29)14(9)26)7-34-22-19(31)16(28)15(27)11(5-24)36-22/h8-31H,3-7H2,1-2H3. The molecule has 0 amide bonds. The molecule has 0 radical (unpaired) electrons. The zero-order chi connectivity index (χ0) is 27.4. The van der Waals surface area contributed by atoms with Gasteiger partial charge in [-0.25, -0.2) is 0 Å². The molecule has 15 nitrogen and oxygen atoms in total. The highest BCUT2D eigenvalue weighted by Crippen LogP contribution is 2.32. The number of rotatable bonds is 10. The van der Waals surface area contributed by atoms with Crippen LogP contribution in [0.4, 0.5) is 0 Å². The largest absolute Gasteiger partial charge is 0.394 e. The summed E-state index contributed by atoms with van der Waals surface area (Å²) < 4.78 is 32.9. The highest BCUT2D eigenvalue weighted by atomic mass is 16.7. The van der Waals surface area contributed by atoms with E-state index in [9.17, 15) is 46.0 Å². The van der Waals surface area contributed by atoms with Crippen molar-refractivity contribution in [3.63, 3.8) is 0 Å². The maximum absolute atomic E-state index is 10.8. The van der Waals surface area contributed by atoms with Crippen molar-refractivity contribution in [1.29, 1.82) is 0 Å². The number of aliphatic hydroxyl groups excluding tert-OH is 9. The summed E-state index contributed by atoms with van der Waals surface area (Å²) >= 11 is 0. The smallest absolute Gasteiger partial charge is 0.186 e. The van der Waals surface area contributed by atoms with Gasteiger partial charge in [0.05, 0.1) is 50.8 Å². The fraction of sp³-hybridized carbons (Fsp3) is 1.00. The van der Waals surface area contributed by atoms with Gasteiger partial charge >= 0.3 is 0 Å². The first-order valence-corrected chi connectivity index (χ1v) is 12.3. The quantitative estimate of drug-likeness (QED) is 0.125. The Morgan fingerprint density at radius 2 is 1.03 bits per heavy atom. The minimum absolute atomic E-state index is 0.360. The second-order valence-electron chi connectivity index (χ2n) is 9.57. The van der Waals surface area contributed by atoms with Crippen molar-refractivity contribution in [2.24, 2.45) is 11.8 Å². The average Bonchev–Trinajstić information content (AvgIpc) is 2.90. The number of aliphatic hydroxyl groups is 9. The van der Waals surface area contributed by atoms with Crippen LogP contribution in [0.15, 0.2) is 0 Å². The van der Waals surface area contributed by atoms with Crippen molar-refractivity contribution in [2.75, 3.05) is 33.5 Å². The third kappa shape index (κ3) is 6.59. The van der Waals surface area contributed by atoms with Gasteiger partial charge < -0.3 is 74.4 Å². The molecule has 0 saturated carbocycles. The second kappa shape index (κ2) is 13.6. The Balaban J connectivity index is 1.69. The van der Waals surface area contributed by atoms with Gasteiger partial charge in [0.2, 0.25) is 0 Å². The van der Waals surface area contributed by atoms with Crippen LogP contribution in [0.2, 0.25) is 0 Å². The molecule has 9 N–H and O–H groups in total. The summed E-state index contributed by atoms with van der Waals surface area (Å²) in [5.74, 6) is -1.52. The molecule has 3 heterocycles. The van der Waals surface area contributed by atoms with Gasteiger partial charge in [0.15, 0.2) is 18.9 Å². The molecule has 0 aromatic heterocycles. The molecule has 15 atom stereocenters. The van der Waals surface area contributed by atoms with Crippen molar-refractivity contribution in [1.82, 2.24) is 0 Å². The molecular weight excluding hydrogens is 504 g/mol. The van der Waals surface area contributed by atoms with Crippen molar-refractivity contribution in [2.45, 2.75) is 93.3 Å². The first-order chi connectivity index (χ1) is 17.6. The lowest BCUT2D eigenvalue weighted by atomic mass is 9.87. The van der Waals surface area contributed by atoms with Gasteiger partial charge in [-0.1, -0.05) is 6.92 Å². The third-order valence-electron chi connectivity index (χ3n) is 7.32. The second-order valence-corrected chi connectivity index (χ2v) is 9.57. The maximum Gasteiger partial charge on any atom is 0.186 e. The summed E-state index contributed by atoms with van der Waals surface area (Å²) in [4.78, 5) is 0. The number of hydrogen-bond acceptors (Lipinski definition) is 15. The van der Waals surface area contributed by atoms with Crippen molar-refractivity contribution >= 4 is 0 Å². The molecule has 3 aliphatic rings. The van der Waals surface area contributed by atoms with Crippen LogP contribution in [0.3, 0.4) is 0 Å². The van der Waals surface area contributed by atoms with Crippen LogP contribution in [0.5, 0.6) is 0 Å². The molecule has 3 aliphatic heterocycles. The maximum atomic E-state index is 10.8. The molecule has 0 aromatic carbocycles. The topological polar surface area (TPSA) is 237 Å². The first-order valence-electron chi connectivity index (χ1n) is 12.3. The molecule has 3 rings (SSSR count). The van der Waals surface area contributed by atoms with Crippen molar-refractivity contribution in [3.05, 3.63) is 0 Å². The van der Waals surface area contributed by atoms with Gasteiger partial charge in [0.1, 0.15) is 36.6 Å². The highest BCUT2D eigenvalue weighted by Gasteiger charge is 2.49. The minimum Gasteiger partial charge on any atom is -0.394 e. The Morgan fingerprint density at radius 1 is 0.541 bits per heavy atom. The summed E-state index contributed by atoms with van der Waals surface area (Å²) in [7, 11) is 1.25. The molecule has 0 bridgehead atoms. The Hall–Kier alpha value is -0.600. The van der Waals surface area contributed by atoms with Crippen molar-refractivity contribution in [3.8, 4) is 0 Å². The molecule has 218 valence electrons. The van der Waals surface area contributed by atoms with Crippen LogP contribution < -0.4 is 0 Å². The Morgan fingerprint density at radius 3 is 1.59 bits per heavy atom. The normalized spacial score (nSPS) is 49.2. The van der Waals surface area contributed by atoms with Crippen LogP contribution in [0, 0.1) is 11.8 Å². The van der Waals surface area contributed by atoms with E-state index in [2.05, 4.69) is 0 Å². The number of ether oxygens (including phenoxy) is 6. The Kier molecular flexibility index (Phi) is 11.4. The molecule has 0 aliphatic carbocycles. The molecule has 3 fully saturated rings. The Bertz CT molecular complexity index is 682. The zero-order valence-electron chi connectivity index (χ0n) is 20.7. The lowest BCUT2D eigenvalue weighted by Gasteiger charge is -2.45. The van der Waals surface area contributed by atoms with Gasteiger partial charge in [-0.3, -0.25) is 0 Å². The zero-order valence-corrected chi connectivity index (χ0v) is 20.7. The molecular formula is C22H40O15. The van der Waals surface area contributed by atoms with Crippen LogP contribution in [0.1, 0.15) is 13.3 Å². The van der Waals surface area contributed by atoms with Crippen LogP contribution >= 0.6 is 0 Å². The lowest BCUT2D eigenvalue weighted by Crippen LogP contribution is -2.61. The highest BCUT2D eigenvalue weighted by molar-refractivity contribution is 4.93. The predicted molar refractivity (Wildman–Crippen MR) is 118 cm³/mol. The summed E-state index contributed by atoms with van der Waals surface area (Å²) in [6, 6.07) is 0. The van der Waals surface area contributed by atoms with Crippen LogP contribution in [-0.2, 0) is 28.4 Å². The van der Waals surface area contributed by atoms with Crippen molar-refractivity contribution < 1.29 is 74.4 Å². The fourth-order valence-electron chi connectivity index (χ4n) is 4.96. The Labute approximate surface area is 213 Å². The van der Waals surface area contributed by atoms with E-state index in [4.69, 9.17) is 28.4 Å². The third-order valence-corrected chi connectivity index (χ3v) is 7.32. The number of hydrogen-bond donors (Lipinski definition) is 9. The molecule has 3 saturated heterocycles. The van der Waals surface area contributed by atoms with Gasteiger partial charge in [-0.05, 0) is 6.42 Å². The molecule has 15 unspecified atom stereocenters. The van der Waals surface area contributed by atoms with E-state index in [1.807, 2.05) is 0 Å². The van der Waals surface area contributed by atoms with Gasteiger partial charge in [0.25, 0.3) is 0 Å². The summed E-state index contributed by atoms with van der Waals surface area (Å²) in [6.07, 6.45) is -17.2. The lowest BCUT2D eigenvalue weighted by molar-refractivity contribution is -0.333.